The summed E-state index contributed by atoms with van der Waals surface area (Å²) in [5.74, 6) is -0.0285. The van der Waals surface area contributed by atoms with Crippen molar-refractivity contribution in [1.29, 1.82) is 0 Å². The van der Waals surface area contributed by atoms with Gasteiger partial charge in [0.25, 0.3) is 0 Å². The number of pyridine rings is 1. The lowest BCUT2D eigenvalue weighted by molar-refractivity contribution is -0.120. The van der Waals surface area contributed by atoms with Crippen molar-refractivity contribution in [2.24, 2.45) is 5.92 Å². The highest BCUT2D eigenvalue weighted by Gasteiger charge is 2.04. The van der Waals surface area contributed by atoms with Crippen LogP contribution in [0.2, 0.25) is 0 Å². The first-order chi connectivity index (χ1) is 8.99. The van der Waals surface area contributed by atoms with Crippen LogP contribution in [-0.4, -0.2) is 35.1 Å². The Morgan fingerprint density at radius 1 is 1.37 bits per heavy atom. The average molecular weight is 265 g/mol. The second kappa shape index (κ2) is 7.35. The van der Waals surface area contributed by atoms with E-state index in [1.54, 1.807) is 6.07 Å². The molecular formula is C13H19N3O3. The van der Waals surface area contributed by atoms with E-state index < -0.39 is 5.97 Å². The fourth-order valence-corrected chi connectivity index (χ4v) is 1.34. The first kappa shape index (κ1) is 14.9. The minimum Gasteiger partial charge on any atom is -0.478 e. The first-order valence-corrected chi connectivity index (χ1v) is 6.19. The fourth-order valence-electron chi connectivity index (χ4n) is 1.34. The van der Waals surface area contributed by atoms with Crippen LogP contribution in [0.3, 0.4) is 0 Å². The van der Waals surface area contributed by atoms with Gasteiger partial charge in [-0.2, -0.15) is 0 Å². The Labute approximate surface area is 112 Å². The highest BCUT2D eigenvalue weighted by molar-refractivity contribution is 5.87. The largest absolute Gasteiger partial charge is 0.478 e. The van der Waals surface area contributed by atoms with Gasteiger partial charge in [0.15, 0.2) is 0 Å². The van der Waals surface area contributed by atoms with Gasteiger partial charge < -0.3 is 15.7 Å². The molecule has 6 heteroatoms. The number of anilines is 1. The molecule has 0 aromatic carbocycles. The molecule has 0 unspecified atom stereocenters. The number of amides is 1. The Hall–Kier alpha value is -2.11. The molecule has 0 saturated heterocycles. The number of aromatic carboxylic acids is 1. The Balaban J connectivity index is 2.29. The zero-order chi connectivity index (χ0) is 14.3. The van der Waals surface area contributed by atoms with E-state index in [-0.39, 0.29) is 11.5 Å². The van der Waals surface area contributed by atoms with Gasteiger partial charge in [-0.15, -0.1) is 0 Å². The number of hydrogen-bond acceptors (Lipinski definition) is 4. The van der Waals surface area contributed by atoms with Gasteiger partial charge in [0.2, 0.25) is 5.91 Å². The van der Waals surface area contributed by atoms with E-state index in [0.717, 1.165) is 0 Å². The van der Waals surface area contributed by atoms with E-state index in [1.165, 1.54) is 12.3 Å². The highest BCUT2D eigenvalue weighted by atomic mass is 16.4. The van der Waals surface area contributed by atoms with Gasteiger partial charge in [-0.3, -0.25) is 4.79 Å². The summed E-state index contributed by atoms with van der Waals surface area (Å²) in [6, 6.07) is 3.05. The number of carbonyl (C=O) groups is 2. The minimum absolute atomic E-state index is 0.0108. The van der Waals surface area contributed by atoms with Crippen LogP contribution < -0.4 is 10.6 Å². The zero-order valence-electron chi connectivity index (χ0n) is 11.1. The van der Waals surface area contributed by atoms with Crippen molar-refractivity contribution in [3.05, 3.63) is 23.9 Å². The predicted octanol–water partition coefficient (Wildman–Crippen LogP) is 1.35. The number of aromatic nitrogens is 1. The second-order valence-corrected chi connectivity index (χ2v) is 4.61. The smallest absolute Gasteiger partial charge is 0.337 e. The molecule has 1 aromatic rings. The van der Waals surface area contributed by atoms with E-state index in [0.29, 0.717) is 31.2 Å². The molecule has 0 aliphatic rings. The van der Waals surface area contributed by atoms with Gasteiger partial charge in [0.05, 0.1) is 5.56 Å². The summed E-state index contributed by atoms with van der Waals surface area (Å²) in [5, 5.41) is 14.5. The molecule has 1 amide bonds. The summed E-state index contributed by atoms with van der Waals surface area (Å²) in [6.45, 7) is 5.20. The van der Waals surface area contributed by atoms with Crippen LogP contribution in [0.25, 0.3) is 0 Å². The van der Waals surface area contributed by atoms with Crippen LogP contribution in [0, 0.1) is 5.92 Å². The van der Waals surface area contributed by atoms with Crippen molar-refractivity contribution in [2.75, 3.05) is 18.4 Å². The Kier molecular flexibility index (Phi) is 5.78. The Morgan fingerprint density at radius 2 is 2.11 bits per heavy atom. The second-order valence-electron chi connectivity index (χ2n) is 4.61. The summed E-state index contributed by atoms with van der Waals surface area (Å²) in [7, 11) is 0. The molecule has 104 valence electrons. The molecule has 0 saturated carbocycles. The molecule has 0 aliphatic carbocycles. The van der Waals surface area contributed by atoms with Gasteiger partial charge in [0, 0.05) is 25.7 Å². The van der Waals surface area contributed by atoms with Crippen molar-refractivity contribution in [1.82, 2.24) is 10.3 Å². The summed E-state index contributed by atoms with van der Waals surface area (Å²) in [5.41, 5.74) is 0.139. The molecule has 3 N–H and O–H groups in total. The molecule has 1 rings (SSSR count). The third-order valence-corrected chi connectivity index (χ3v) is 2.38. The van der Waals surface area contributed by atoms with E-state index in [2.05, 4.69) is 15.6 Å². The van der Waals surface area contributed by atoms with Gasteiger partial charge in [-0.25, -0.2) is 9.78 Å². The van der Waals surface area contributed by atoms with E-state index in [1.807, 2.05) is 13.8 Å². The summed E-state index contributed by atoms with van der Waals surface area (Å²) < 4.78 is 0. The lowest BCUT2D eigenvalue weighted by Gasteiger charge is -2.08. The SMILES string of the molecule is CC(C)CNC(=O)CCNc1ccc(C(=O)O)cn1. The number of carboxylic acids is 1. The average Bonchev–Trinajstić information content (AvgIpc) is 2.37. The van der Waals surface area contributed by atoms with Crippen molar-refractivity contribution < 1.29 is 14.7 Å². The van der Waals surface area contributed by atoms with Gasteiger partial charge in [0.1, 0.15) is 5.82 Å². The number of nitrogens with one attached hydrogen (secondary N) is 2. The third-order valence-electron chi connectivity index (χ3n) is 2.38. The number of hydrogen-bond donors (Lipinski definition) is 3. The van der Waals surface area contributed by atoms with Crippen LogP contribution in [0.5, 0.6) is 0 Å². The number of carbonyl (C=O) groups excluding carboxylic acids is 1. The van der Waals surface area contributed by atoms with E-state index in [9.17, 15) is 9.59 Å². The molecule has 0 spiro atoms. The molecule has 0 fully saturated rings. The minimum atomic E-state index is -1.01. The normalized spacial score (nSPS) is 10.3. The predicted molar refractivity (Wildman–Crippen MR) is 72.2 cm³/mol. The summed E-state index contributed by atoms with van der Waals surface area (Å²) >= 11 is 0. The molecule has 0 atom stereocenters. The van der Waals surface area contributed by atoms with Crippen molar-refractivity contribution in [2.45, 2.75) is 20.3 Å². The molecule has 1 heterocycles. The molecule has 0 aliphatic heterocycles. The van der Waals surface area contributed by atoms with E-state index in [4.69, 9.17) is 5.11 Å². The lowest BCUT2D eigenvalue weighted by Crippen LogP contribution is -2.28. The van der Waals surface area contributed by atoms with Gasteiger partial charge in [-0.1, -0.05) is 13.8 Å². The van der Waals surface area contributed by atoms with Crippen LogP contribution in [0.4, 0.5) is 5.82 Å². The first-order valence-electron chi connectivity index (χ1n) is 6.19. The van der Waals surface area contributed by atoms with E-state index >= 15 is 0 Å². The van der Waals surface area contributed by atoms with Crippen LogP contribution in [0.1, 0.15) is 30.6 Å². The highest BCUT2D eigenvalue weighted by Crippen LogP contribution is 2.04. The maximum atomic E-state index is 11.4. The van der Waals surface area contributed by atoms with Crippen molar-refractivity contribution in [3.8, 4) is 0 Å². The Morgan fingerprint density at radius 3 is 2.63 bits per heavy atom. The van der Waals surface area contributed by atoms with Gasteiger partial charge in [-0.05, 0) is 18.1 Å². The topological polar surface area (TPSA) is 91.3 Å². The van der Waals surface area contributed by atoms with Crippen LogP contribution in [0.15, 0.2) is 18.3 Å². The van der Waals surface area contributed by atoms with Crippen LogP contribution in [-0.2, 0) is 4.79 Å². The van der Waals surface area contributed by atoms with Crippen molar-refractivity contribution in [3.63, 3.8) is 0 Å². The number of carboxylic acid groups (broad SMARTS) is 1. The maximum Gasteiger partial charge on any atom is 0.337 e. The molecule has 19 heavy (non-hydrogen) atoms. The standard InChI is InChI=1S/C13H19N3O3/c1-9(2)7-16-12(17)5-6-14-11-4-3-10(8-15-11)13(18)19/h3-4,8-9H,5-7H2,1-2H3,(H,14,15)(H,16,17)(H,18,19). The summed E-state index contributed by atoms with van der Waals surface area (Å²) in [6.07, 6.45) is 1.64. The third kappa shape index (κ3) is 5.85. The fraction of sp³-hybridized carbons (Fsp3) is 0.462. The molecule has 1 aromatic heterocycles. The quantitative estimate of drug-likeness (QED) is 0.692. The number of nitrogens with zero attached hydrogens (tertiary/aromatic N) is 1. The lowest BCUT2D eigenvalue weighted by atomic mass is 10.2. The molecular weight excluding hydrogens is 246 g/mol. The maximum absolute atomic E-state index is 11.4. The number of rotatable bonds is 7. The molecule has 0 radical (unpaired) electrons. The summed E-state index contributed by atoms with van der Waals surface area (Å²) in [4.78, 5) is 26.0. The van der Waals surface area contributed by atoms with Crippen molar-refractivity contribution >= 4 is 17.7 Å². The zero-order valence-corrected chi connectivity index (χ0v) is 11.1. The van der Waals surface area contributed by atoms with Crippen LogP contribution >= 0.6 is 0 Å². The molecule has 0 bridgehead atoms. The monoisotopic (exact) mass is 265 g/mol. The molecule has 6 nitrogen and oxygen atoms in total. The van der Waals surface area contributed by atoms with Gasteiger partial charge >= 0.3 is 5.97 Å². The Bertz CT molecular complexity index is 429.